The van der Waals surface area contributed by atoms with E-state index in [0.717, 1.165) is 6.61 Å². The second kappa shape index (κ2) is 6.97. The van der Waals surface area contributed by atoms with Crippen LogP contribution in [0, 0.1) is 0 Å². The van der Waals surface area contributed by atoms with Crippen LogP contribution in [0.3, 0.4) is 0 Å². The summed E-state index contributed by atoms with van der Waals surface area (Å²) in [7, 11) is 0. The molecule has 17 heavy (non-hydrogen) atoms. The van der Waals surface area contributed by atoms with Crippen LogP contribution in [0.5, 0.6) is 0 Å². The van der Waals surface area contributed by atoms with Crippen molar-refractivity contribution in [2.24, 2.45) is 5.73 Å². The lowest BCUT2D eigenvalue weighted by Gasteiger charge is -2.19. The van der Waals surface area contributed by atoms with E-state index >= 15 is 0 Å². The third-order valence-corrected chi connectivity index (χ3v) is 2.83. The Kier molecular flexibility index (Phi) is 5.93. The summed E-state index contributed by atoms with van der Waals surface area (Å²) in [6.45, 7) is 7.20. The molecule has 0 spiro atoms. The molecule has 0 aliphatic heterocycles. The van der Waals surface area contributed by atoms with Crippen LogP contribution >= 0.6 is 0 Å². The molecule has 0 aromatic heterocycles. The summed E-state index contributed by atoms with van der Waals surface area (Å²) in [4.78, 5) is 0. The number of rotatable bonds is 7. The molecule has 1 unspecified atom stereocenters. The quantitative estimate of drug-likeness (QED) is 0.687. The van der Waals surface area contributed by atoms with Gasteiger partial charge in [0.1, 0.15) is 0 Å². The largest absolute Gasteiger partial charge is 0.376 e. The van der Waals surface area contributed by atoms with Crippen molar-refractivity contribution in [2.45, 2.75) is 64.5 Å². The SMILES string of the molecule is CC(C)(C)OCCCCCCC1=CC(N)C=C1. The third-order valence-electron chi connectivity index (χ3n) is 2.83. The zero-order valence-corrected chi connectivity index (χ0v) is 11.5. The Morgan fingerprint density at radius 2 is 1.88 bits per heavy atom. The summed E-state index contributed by atoms with van der Waals surface area (Å²) < 4.78 is 5.68. The van der Waals surface area contributed by atoms with Crippen LogP contribution in [-0.4, -0.2) is 18.2 Å². The minimum atomic E-state index is 0.00952. The molecule has 0 amide bonds. The molecular formula is C15H27NO. The van der Waals surface area contributed by atoms with Crippen LogP contribution in [0.25, 0.3) is 0 Å². The van der Waals surface area contributed by atoms with Crippen molar-refractivity contribution in [3.05, 3.63) is 23.8 Å². The molecule has 0 fully saturated rings. The fourth-order valence-corrected chi connectivity index (χ4v) is 1.92. The summed E-state index contributed by atoms with van der Waals surface area (Å²) in [6, 6.07) is 0.158. The highest BCUT2D eigenvalue weighted by Gasteiger charge is 2.08. The summed E-state index contributed by atoms with van der Waals surface area (Å²) in [5.74, 6) is 0. The average molecular weight is 237 g/mol. The Morgan fingerprint density at radius 3 is 2.47 bits per heavy atom. The standard InChI is InChI=1S/C15H27NO/c1-15(2,3)17-11-7-5-4-6-8-13-9-10-14(16)12-13/h9-10,12,14H,4-8,11,16H2,1-3H3. The van der Waals surface area contributed by atoms with E-state index < -0.39 is 0 Å². The van der Waals surface area contributed by atoms with Crippen molar-refractivity contribution in [2.75, 3.05) is 6.61 Å². The molecule has 2 N–H and O–H groups in total. The summed E-state index contributed by atoms with van der Waals surface area (Å²) >= 11 is 0. The lowest BCUT2D eigenvalue weighted by Crippen LogP contribution is -2.19. The molecule has 0 heterocycles. The van der Waals surface area contributed by atoms with Crippen molar-refractivity contribution in [1.29, 1.82) is 0 Å². The molecule has 2 nitrogen and oxygen atoms in total. The number of nitrogens with two attached hydrogens (primary N) is 1. The van der Waals surface area contributed by atoms with Crippen molar-refractivity contribution in [3.8, 4) is 0 Å². The Bertz CT molecular complexity index is 273. The van der Waals surface area contributed by atoms with Gasteiger partial charge in [0, 0.05) is 12.6 Å². The number of allylic oxidation sites excluding steroid dienone is 2. The van der Waals surface area contributed by atoms with E-state index in [0.29, 0.717) is 0 Å². The maximum absolute atomic E-state index is 5.76. The predicted molar refractivity (Wildman–Crippen MR) is 74.0 cm³/mol. The van der Waals surface area contributed by atoms with Gasteiger partial charge in [0.15, 0.2) is 0 Å². The van der Waals surface area contributed by atoms with E-state index in [2.05, 4.69) is 39.0 Å². The van der Waals surface area contributed by atoms with Gasteiger partial charge >= 0.3 is 0 Å². The lowest BCUT2D eigenvalue weighted by molar-refractivity contribution is -0.00473. The molecule has 1 aliphatic carbocycles. The van der Waals surface area contributed by atoms with Crippen LogP contribution in [-0.2, 0) is 4.74 Å². The molecule has 1 aliphatic rings. The predicted octanol–water partition coefficient (Wildman–Crippen LogP) is 3.58. The van der Waals surface area contributed by atoms with Gasteiger partial charge < -0.3 is 10.5 Å². The minimum absolute atomic E-state index is 0.00952. The number of unbranched alkanes of at least 4 members (excludes halogenated alkanes) is 3. The lowest BCUT2D eigenvalue weighted by atomic mass is 10.1. The second-order valence-electron chi connectivity index (χ2n) is 5.80. The Hall–Kier alpha value is -0.600. The first kappa shape index (κ1) is 14.5. The summed E-state index contributed by atoms with van der Waals surface area (Å²) in [5.41, 5.74) is 7.17. The first-order valence-electron chi connectivity index (χ1n) is 6.76. The van der Waals surface area contributed by atoms with Crippen molar-refractivity contribution in [3.63, 3.8) is 0 Å². The van der Waals surface area contributed by atoms with Gasteiger partial charge in [-0.05, 0) is 40.0 Å². The van der Waals surface area contributed by atoms with Gasteiger partial charge in [-0.2, -0.15) is 0 Å². The highest BCUT2D eigenvalue weighted by atomic mass is 16.5. The van der Waals surface area contributed by atoms with Crippen LogP contribution in [0.1, 0.15) is 52.9 Å². The fraction of sp³-hybridized carbons (Fsp3) is 0.733. The van der Waals surface area contributed by atoms with Gasteiger partial charge in [-0.15, -0.1) is 0 Å². The smallest absolute Gasteiger partial charge is 0.0598 e. The first-order valence-corrected chi connectivity index (χ1v) is 6.76. The molecule has 0 saturated carbocycles. The van der Waals surface area contributed by atoms with E-state index in [1.165, 1.54) is 37.7 Å². The monoisotopic (exact) mass is 237 g/mol. The summed E-state index contributed by atoms with van der Waals surface area (Å²) in [5, 5.41) is 0. The fourth-order valence-electron chi connectivity index (χ4n) is 1.92. The molecule has 1 atom stereocenters. The van der Waals surface area contributed by atoms with Gasteiger partial charge in [-0.3, -0.25) is 0 Å². The topological polar surface area (TPSA) is 35.2 Å². The zero-order valence-electron chi connectivity index (χ0n) is 11.5. The van der Waals surface area contributed by atoms with Gasteiger partial charge in [0.2, 0.25) is 0 Å². The number of hydrogen-bond donors (Lipinski definition) is 1. The Balaban J connectivity index is 1.92. The van der Waals surface area contributed by atoms with Crippen LogP contribution in [0.4, 0.5) is 0 Å². The van der Waals surface area contributed by atoms with Gasteiger partial charge in [-0.1, -0.05) is 36.6 Å². The van der Waals surface area contributed by atoms with E-state index in [4.69, 9.17) is 10.5 Å². The molecular weight excluding hydrogens is 210 g/mol. The van der Waals surface area contributed by atoms with Gasteiger partial charge in [-0.25, -0.2) is 0 Å². The van der Waals surface area contributed by atoms with Gasteiger partial charge in [0.05, 0.1) is 5.60 Å². The molecule has 0 bridgehead atoms. The van der Waals surface area contributed by atoms with Crippen LogP contribution in [0.2, 0.25) is 0 Å². The molecule has 0 saturated heterocycles. The number of hydrogen-bond acceptors (Lipinski definition) is 2. The highest BCUT2D eigenvalue weighted by Crippen LogP contribution is 2.16. The molecule has 0 radical (unpaired) electrons. The van der Waals surface area contributed by atoms with Gasteiger partial charge in [0.25, 0.3) is 0 Å². The molecule has 1 rings (SSSR count). The third kappa shape index (κ3) is 7.35. The second-order valence-corrected chi connectivity index (χ2v) is 5.80. The first-order chi connectivity index (χ1) is 7.97. The Morgan fingerprint density at radius 1 is 1.18 bits per heavy atom. The van der Waals surface area contributed by atoms with Crippen molar-refractivity contribution >= 4 is 0 Å². The zero-order chi connectivity index (χ0) is 12.7. The van der Waals surface area contributed by atoms with E-state index in [1.54, 1.807) is 0 Å². The van der Waals surface area contributed by atoms with Crippen molar-refractivity contribution in [1.82, 2.24) is 0 Å². The van der Waals surface area contributed by atoms with E-state index in [-0.39, 0.29) is 11.6 Å². The highest BCUT2D eigenvalue weighted by molar-refractivity contribution is 5.30. The number of ether oxygens (including phenoxy) is 1. The normalized spacial score (nSPS) is 19.8. The summed E-state index contributed by atoms with van der Waals surface area (Å²) in [6.07, 6.45) is 12.5. The van der Waals surface area contributed by atoms with E-state index in [1.807, 2.05) is 0 Å². The Labute approximate surface area is 106 Å². The molecule has 0 aromatic rings. The van der Waals surface area contributed by atoms with Crippen LogP contribution in [0.15, 0.2) is 23.8 Å². The molecule has 98 valence electrons. The maximum Gasteiger partial charge on any atom is 0.0598 e. The molecule has 0 aromatic carbocycles. The van der Waals surface area contributed by atoms with Crippen molar-refractivity contribution < 1.29 is 4.74 Å². The van der Waals surface area contributed by atoms with Crippen LogP contribution < -0.4 is 5.73 Å². The molecule has 2 heteroatoms. The maximum atomic E-state index is 5.76. The minimum Gasteiger partial charge on any atom is -0.376 e. The average Bonchev–Trinajstić information content (AvgIpc) is 2.61. The van der Waals surface area contributed by atoms with E-state index in [9.17, 15) is 0 Å².